The minimum Gasteiger partial charge on any atom is -0.481 e. The third-order valence-electron chi connectivity index (χ3n) is 3.12. The summed E-state index contributed by atoms with van der Waals surface area (Å²) in [4.78, 5) is 23.9. The van der Waals surface area contributed by atoms with E-state index in [9.17, 15) is 9.59 Å². The zero-order chi connectivity index (χ0) is 19.6. The summed E-state index contributed by atoms with van der Waals surface area (Å²) in [5.41, 5.74) is 3.22. The van der Waals surface area contributed by atoms with Crippen molar-refractivity contribution in [2.75, 3.05) is 19.5 Å². The third kappa shape index (κ3) is 7.62. The van der Waals surface area contributed by atoms with Crippen molar-refractivity contribution in [2.45, 2.75) is 4.90 Å². The van der Waals surface area contributed by atoms with Gasteiger partial charge >= 0.3 is 5.97 Å². The number of esters is 1. The van der Waals surface area contributed by atoms with Crippen molar-refractivity contribution in [3.63, 3.8) is 0 Å². The van der Waals surface area contributed by atoms with Crippen molar-refractivity contribution in [1.29, 1.82) is 0 Å². The zero-order valence-corrected chi connectivity index (χ0v) is 17.4. The molecule has 6 nitrogen and oxygen atoms in total. The molecule has 9 heteroatoms. The molecule has 0 radical (unpaired) electrons. The van der Waals surface area contributed by atoms with Gasteiger partial charge in [-0.2, -0.15) is 5.10 Å². The van der Waals surface area contributed by atoms with Crippen molar-refractivity contribution >= 4 is 57.4 Å². The van der Waals surface area contributed by atoms with Crippen LogP contribution >= 0.6 is 39.3 Å². The van der Waals surface area contributed by atoms with Crippen molar-refractivity contribution in [3.05, 3.63) is 57.5 Å². The fraction of sp³-hybridized carbons (Fsp3) is 0.167. The minimum atomic E-state index is -0.466. The molecule has 0 unspecified atom stereocenters. The van der Waals surface area contributed by atoms with Crippen LogP contribution in [0.2, 0.25) is 5.02 Å². The van der Waals surface area contributed by atoms with E-state index in [1.807, 2.05) is 12.1 Å². The second-order valence-corrected chi connectivity index (χ2v) is 7.43. The van der Waals surface area contributed by atoms with E-state index in [1.165, 1.54) is 25.1 Å². The third-order valence-corrected chi connectivity index (χ3v) is 5.00. The van der Waals surface area contributed by atoms with Gasteiger partial charge in [0.15, 0.2) is 6.61 Å². The molecule has 0 aromatic heterocycles. The summed E-state index contributed by atoms with van der Waals surface area (Å²) in [6.45, 7) is -0.177. The molecule has 0 aliphatic rings. The molecule has 0 bridgehead atoms. The summed E-state index contributed by atoms with van der Waals surface area (Å²) in [6, 6.07) is 12.4. The monoisotopic (exact) mass is 470 g/mol. The Kier molecular flexibility index (Phi) is 8.63. The maximum Gasteiger partial charge on any atom is 0.343 e. The van der Waals surface area contributed by atoms with Gasteiger partial charge < -0.3 is 9.47 Å². The number of hydrogen-bond acceptors (Lipinski definition) is 6. The quantitative estimate of drug-likeness (QED) is 0.273. The first-order valence-electron chi connectivity index (χ1n) is 7.67. The molecule has 0 heterocycles. The number of hydrazone groups is 1. The Morgan fingerprint density at radius 1 is 1.26 bits per heavy atom. The maximum atomic E-state index is 11.8. The second kappa shape index (κ2) is 11.0. The molecule has 0 fully saturated rings. The first-order chi connectivity index (χ1) is 13.0. The van der Waals surface area contributed by atoms with Gasteiger partial charge in [-0.3, -0.25) is 4.79 Å². The predicted octanol–water partition coefficient (Wildman–Crippen LogP) is 3.90. The van der Waals surface area contributed by atoms with E-state index in [0.717, 1.165) is 10.5 Å². The summed E-state index contributed by atoms with van der Waals surface area (Å²) in [5, 5.41) is 4.59. The molecule has 27 heavy (non-hydrogen) atoms. The van der Waals surface area contributed by atoms with E-state index in [0.29, 0.717) is 15.2 Å². The number of methoxy groups -OCH3 is 1. The largest absolute Gasteiger partial charge is 0.481 e. The Morgan fingerprint density at radius 3 is 2.67 bits per heavy atom. The lowest BCUT2D eigenvalue weighted by Gasteiger charge is -2.07. The Hall–Kier alpha value is -2.03. The number of nitrogens with zero attached hydrogens (tertiary/aromatic N) is 1. The van der Waals surface area contributed by atoms with E-state index in [1.54, 1.807) is 30.3 Å². The van der Waals surface area contributed by atoms with Crippen LogP contribution in [-0.4, -0.2) is 37.6 Å². The van der Waals surface area contributed by atoms with Gasteiger partial charge in [0.1, 0.15) is 5.75 Å². The molecule has 0 spiro atoms. The van der Waals surface area contributed by atoms with E-state index in [-0.39, 0.29) is 18.3 Å². The number of thioether (sulfide) groups is 1. The van der Waals surface area contributed by atoms with Crippen molar-refractivity contribution in [3.8, 4) is 5.75 Å². The lowest BCUT2D eigenvalue weighted by Crippen LogP contribution is -2.19. The highest BCUT2D eigenvalue weighted by Gasteiger charge is 2.06. The molecule has 0 aliphatic carbocycles. The molecule has 0 saturated heterocycles. The van der Waals surface area contributed by atoms with Crippen LogP contribution in [0.4, 0.5) is 0 Å². The van der Waals surface area contributed by atoms with Gasteiger partial charge in [0, 0.05) is 9.92 Å². The molecule has 1 amide bonds. The first-order valence-corrected chi connectivity index (χ1v) is 9.83. The Bertz CT molecular complexity index is 831. The zero-order valence-electron chi connectivity index (χ0n) is 14.3. The highest BCUT2D eigenvalue weighted by atomic mass is 79.9. The van der Waals surface area contributed by atoms with E-state index < -0.39 is 5.97 Å². The fourth-order valence-corrected chi connectivity index (χ4v) is 3.13. The lowest BCUT2D eigenvalue weighted by atomic mass is 10.2. The molecule has 2 rings (SSSR count). The molecular weight excluding hydrogens is 456 g/mol. The van der Waals surface area contributed by atoms with E-state index in [2.05, 4.69) is 31.2 Å². The van der Waals surface area contributed by atoms with Crippen LogP contribution in [0.3, 0.4) is 0 Å². The average Bonchev–Trinajstić information content (AvgIpc) is 2.66. The van der Waals surface area contributed by atoms with Crippen molar-refractivity contribution in [1.82, 2.24) is 5.43 Å². The number of amides is 1. The SMILES string of the molecule is COC(=O)COc1ccc(/C=N\NC(=O)CSc2ccc(Cl)cc2)cc1Br. The Morgan fingerprint density at radius 2 is 2.00 bits per heavy atom. The number of nitrogens with one attached hydrogen (secondary N) is 1. The summed E-state index contributed by atoms with van der Waals surface area (Å²) >= 11 is 10.6. The normalized spacial score (nSPS) is 10.6. The molecular formula is C18H16BrClN2O4S. The molecule has 0 saturated carbocycles. The van der Waals surface area contributed by atoms with Crippen molar-refractivity contribution in [2.24, 2.45) is 5.10 Å². The fourth-order valence-electron chi connectivity index (χ4n) is 1.80. The molecule has 1 N–H and O–H groups in total. The Labute approximate surface area is 174 Å². The van der Waals surface area contributed by atoms with Crippen LogP contribution in [0.5, 0.6) is 5.75 Å². The van der Waals surface area contributed by atoms with Gasteiger partial charge in [-0.05, 0) is 64.0 Å². The van der Waals surface area contributed by atoms with E-state index in [4.69, 9.17) is 16.3 Å². The number of rotatable bonds is 8. The van der Waals surface area contributed by atoms with Crippen LogP contribution < -0.4 is 10.2 Å². The number of halogens is 2. The molecule has 2 aromatic rings. The summed E-state index contributed by atoms with van der Waals surface area (Å²) in [6.07, 6.45) is 1.51. The lowest BCUT2D eigenvalue weighted by molar-refractivity contribution is -0.142. The maximum absolute atomic E-state index is 11.8. The number of ether oxygens (including phenoxy) is 2. The van der Waals surface area contributed by atoms with E-state index >= 15 is 0 Å². The molecule has 0 aliphatic heterocycles. The van der Waals surface area contributed by atoms with Crippen LogP contribution in [-0.2, 0) is 14.3 Å². The second-order valence-electron chi connectivity index (χ2n) is 5.09. The van der Waals surface area contributed by atoms with Gasteiger partial charge in [0.25, 0.3) is 0 Å². The van der Waals surface area contributed by atoms with Crippen LogP contribution in [0, 0.1) is 0 Å². The number of hydrogen-bond donors (Lipinski definition) is 1. The highest BCUT2D eigenvalue weighted by Crippen LogP contribution is 2.25. The van der Waals surface area contributed by atoms with Gasteiger partial charge in [-0.1, -0.05) is 11.6 Å². The average molecular weight is 472 g/mol. The first kappa shape index (κ1) is 21.3. The standard InChI is InChI=1S/C18H16BrClN2O4S/c1-25-18(24)10-26-16-7-2-12(8-15(16)19)9-21-22-17(23)11-27-14-5-3-13(20)4-6-14/h2-9H,10-11H2,1H3,(H,22,23)/b21-9-. The summed E-state index contributed by atoms with van der Waals surface area (Å²) in [7, 11) is 1.29. The van der Waals surface area contributed by atoms with Crippen LogP contribution in [0.1, 0.15) is 5.56 Å². The predicted molar refractivity (Wildman–Crippen MR) is 110 cm³/mol. The molecule has 142 valence electrons. The van der Waals surface area contributed by atoms with Gasteiger partial charge in [-0.25, -0.2) is 10.2 Å². The van der Waals surface area contributed by atoms with Crippen LogP contribution in [0.15, 0.2) is 56.9 Å². The topological polar surface area (TPSA) is 77.0 Å². The minimum absolute atomic E-state index is 0.177. The number of carbonyl (C=O) groups is 2. The summed E-state index contributed by atoms with van der Waals surface area (Å²) in [5.74, 6) is 0.0548. The highest BCUT2D eigenvalue weighted by molar-refractivity contribution is 9.10. The Balaban J connectivity index is 1.81. The van der Waals surface area contributed by atoms with Crippen LogP contribution in [0.25, 0.3) is 0 Å². The van der Waals surface area contributed by atoms with Gasteiger partial charge in [0.05, 0.1) is 23.5 Å². The smallest absolute Gasteiger partial charge is 0.343 e. The number of benzene rings is 2. The van der Waals surface area contributed by atoms with Gasteiger partial charge in [-0.15, -0.1) is 11.8 Å². The molecule has 0 atom stereocenters. The van der Waals surface area contributed by atoms with Crippen molar-refractivity contribution < 1.29 is 19.1 Å². The van der Waals surface area contributed by atoms with Gasteiger partial charge in [0.2, 0.25) is 5.91 Å². The molecule has 2 aromatic carbocycles. The summed E-state index contributed by atoms with van der Waals surface area (Å²) < 4.78 is 10.5. The number of carbonyl (C=O) groups excluding carboxylic acids is 2.